The monoisotopic (exact) mass is 351 g/mol. The van der Waals surface area contributed by atoms with E-state index in [9.17, 15) is 4.79 Å². The van der Waals surface area contributed by atoms with Crippen LogP contribution in [0.25, 0.3) is 10.9 Å². The van der Waals surface area contributed by atoms with Crippen molar-refractivity contribution in [1.29, 1.82) is 0 Å². The predicted octanol–water partition coefficient (Wildman–Crippen LogP) is 5.12. The Morgan fingerprint density at radius 2 is 1.92 bits per heavy atom. The SMILES string of the molecule is O=C(OCc1cccc(Cl)c1)c1c2c(nc3ccccc13)CCCC2. The number of hydrogen-bond donors (Lipinski definition) is 0. The van der Waals surface area contributed by atoms with E-state index < -0.39 is 0 Å². The van der Waals surface area contributed by atoms with Crippen LogP contribution in [0, 0.1) is 0 Å². The summed E-state index contributed by atoms with van der Waals surface area (Å²) in [6, 6.07) is 15.2. The molecule has 0 saturated heterocycles. The van der Waals surface area contributed by atoms with Gasteiger partial charge in [-0.1, -0.05) is 41.9 Å². The number of pyridine rings is 1. The zero-order chi connectivity index (χ0) is 17.2. The van der Waals surface area contributed by atoms with E-state index in [0.29, 0.717) is 10.6 Å². The lowest BCUT2D eigenvalue weighted by molar-refractivity contribution is 0.0473. The molecule has 0 amide bonds. The number of carbonyl (C=O) groups excluding carboxylic acids is 1. The fourth-order valence-corrected chi connectivity index (χ4v) is 3.67. The quantitative estimate of drug-likeness (QED) is 0.614. The van der Waals surface area contributed by atoms with Gasteiger partial charge in [0.05, 0.1) is 11.1 Å². The van der Waals surface area contributed by atoms with Crippen molar-refractivity contribution in [1.82, 2.24) is 4.98 Å². The third kappa shape index (κ3) is 3.24. The predicted molar refractivity (Wildman–Crippen MR) is 99.0 cm³/mol. The second-order valence-electron chi connectivity index (χ2n) is 6.34. The van der Waals surface area contributed by atoms with E-state index in [4.69, 9.17) is 21.3 Å². The molecule has 0 spiro atoms. The van der Waals surface area contributed by atoms with Crippen molar-refractivity contribution in [2.75, 3.05) is 0 Å². The largest absolute Gasteiger partial charge is 0.457 e. The van der Waals surface area contributed by atoms with Crippen LogP contribution in [0.1, 0.15) is 40.0 Å². The molecule has 3 nitrogen and oxygen atoms in total. The number of rotatable bonds is 3. The molecule has 0 bridgehead atoms. The minimum absolute atomic E-state index is 0.213. The maximum Gasteiger partial charge on any atom is 0.339 e. The Balaban J connectivity index is 1.70. The Morgan fingerprint density at radius 3 is 2.80 bits per heavy atom. The number of ether oxygens (including phenoxy) is 1. The first-order chi connectivity index (χ1) is 12.2. The third-order valence-corrected chi connectivity index (χ3v) is 4.87. The number of carbonyl (C=O) groups is 1. The molecule has 4 rings (SSSR count). The molecular weight excluding hydrogens is 334 g/mol. The summed E-state index contributed by atoms with van der Waals surface area (Å²) < 4.78 is 5.62. The highest BCUT2D eigenvalue weighted by molar-refractivity contribution is 6.30. The van der Waals surface area contributed by atoms with E-state index in [1.165, 1.54) is 0 Å². The molecule has 126 valence electrons. The number of halogens is 1. The second-order valence-corrected chi connectivity index (χ2v) is 6.78. The summed E-state index contributed by atoms with van der Waals surface area (Å²) in [4.78, 5) is 17.7. The van der Waals surface area contributed by atoms with Crippen molar-refractivity contribution >= 4 is 28.5 Å². The van der Waals surface area contributed by atoms with Crippen molar-refractivity contribution in [2.24, 2.45) is 0 Å². The Labute approximate surface area is 151 Å². The van der Waals surface area contributed by atoms with E-state index in [1.807, 2.05) is 42.5 Å². The van der Waals surface area contributed by atoms with Crippen molar-refractivity contribution in [2.45, 2.75) is 32.3 Å². The van der Waals surface area contributed by atoms with Crippen LogP contribution >= 0.6 is 11.6 Å². The average Bonchev–Trinajstić information content (AvgIpc) is 2.64. The van der Waals surface area contributed by atoms with Crippen LogP contribution in [0.4, 0.5) is 0 Å². The van der Waals surface area contributed by atoms with Gasteiger partial charge in [-0.2, -0.15) is 0 Å². The number of esters is 1. The number of nitrogens with zero attached hydrogens (tertiary/aromatic N) is 1. The molecule has 3 aromatic rings. The van der Waals surface area contributed by atoms with Crippen molar-refractivity contribution in [3.63, 3.8) is 0 Å². The first kappa shape index (κ1) is 16.1. The molecule has 1 aromatic heterocycles. The smallest absolute Gasteiger partial charge is 0.339 e. The minimum Gasteiger partial charge on any atom is -0.457 e. The van der Waals surface area contributed by atoms with E-state index >= 15 is 0 Å². The van der Waals surface area contributed by atoms with Crippen LogP contribution in [0.5, 0.6) is 0 Å². The third-order valence-electron chi connectivity index (χ3n) is 4.63. The molecule has 0 radical (unpaired) electrons. The van der Waals surface area contributed by atoms with E-state index in [1.54, 1.807) is 6.07 Å². The zero-order valence-electron chi connectivity index (χ0n) is 13.8. The van der Waals surface area contributed by atoms with Gasteiger partial charge in [0, 0.05) is 16.1 Å². The maximum absolute atomic E-state index is 12.9. The van der Waals surface area contributed by atoms with Gasteiger partial charge in [-0.05, 0) is 55.0 Å². The van der Waals surface area contributed by atoms with Gasteiger partial charge in [-0.3, -0.25) is 4.98 Å². The summed E-state index contributed by atoms with van der Waals surface area (Å²) in [6.45, 7) is 0.213. The van der Waals surface area contributed by atoms with Gasteiger partial charge < -0.3 is 4.74 Å². The topological polar surface area (TPSA) is 39.2 Å². The number of hydrogen-bond acceptors (Lipinski definition) is 3. The van der Waals surface area contributed by atoms with E-state index in [2.05, 4.69) is 0 Å². The Hall–Kier alpha value is -2.39. The fourth-order valence-electron chi connectivity index (χ4n) is 3.45. The van der Waals surface area contributed by atoms with Crippen LogP contribution in [-0.4, -0.2) is 11.0 Å². The molecule has 1 aliphatic rings. The summed E-state index contributed by atoms with van der Waals surface area (Å²) >= 11 is 6.00. The molecule has 0 atom stereocenters. The van der Waals surface area contributed by atoms with Crippen LogP contribution in [0.3, 0.4) is 0 Å². The summed E-state index contributed by atoms with van der Waals surface area (Å²) in [5, 5.41) is 1.51. The average molecular weight is 352 g/mol. The molecule has 0 aliphatic heterocycles. The fraction of sp³-hybridized carbons (Fsp3) is 0.238. The van der Waals surface area contributed by atoms with Crippen LogP contribution in [0.15, 0.2) is 48.5 Å². The van der Waals surface area contributed by atoms with Crippen LogP contribution in [0.2, 0.25) is 5.02 Å². The highest BCUT2D eigenvalue weighted by atomic mass is 35.5. The number of aromatic nitrogens is 1. The molecular formula is C21H18ClNO2. The van der Waals surface area contributed by atoms with Crippen LogP contribution in [-0.2, 0) is 24.2 Å². The summed E-state index contributed by atoms with van der Waals surface area (Å²) in [7, 11) is 0. The van der Waals surface area contributed by atoms with Crippen molar-refractivity contribution < 1.29 is 9.53 Å². The molecule has 0 N–H and O–H groups in total. The zero-order valence-corrected chi connectivity index (χ0v) is 14.6. The maximum atomic E-state index is 12.9. The first-order valence-corrected chi connectivity index (χ1v) is 8.92. The molecule has 4 heteroatoms. The molecule has 0 unspecified atom stereocenters. The van der Waals surface area contributed by atoms with Gasteiger partial charge in [0.2, 0.25) is 0 Å². The minimum atomic E-state index is -0.281. The molecule has 1 heterocycles. The number of fused-ring (bicyclic) bond motifs is 2. The number of aryl methyl sites for hydroxylation is 1. The van der Waals surface area contributed by atoms with Gasteiger partial charge in [-0.15, -0.1) is 0 Å². The Bertz CT molecular complexity index is 952. The Morgan fingerprint density at radius 1 is 1.08 bits per heavy atom. The second kappa shape index (κ2) is 6.85. The first-order valence-electron chi connectivity index (χ1n) is 8.54. The van der Waals surface area contributed by atoms with Crippen molar-refractivity contribution in [3.8, 4) is 0 Å². The van der Waals surface area contributed by atoms with E-state index in [0.717, 1.165) is 53.4 Å². The molecule has 1 aliphatic carbocycles. The Kier molecular flexibility index (Phi) is 4.41. The lowest BCUT2D eigenvalue weighted by Crippen LogP contribution is -2.15. The van der Waals surface area contributed by atoms with Gasteiger partial charge in [0.15, 0.2) is 0 Å². The number of para-hydroxylation sites is 1. The summed E-state index contributed by atoms with van der Waals surface area (Å²) in [5.74, 6) is -0.281. The van der Waals surface area contributed by atoms with Crippen LogP contribution < -0.4 is 0 Å². The van der Waals surface area contributed by atoms with Gasteiger partial charge in [0.25, 0.3) is 0 Å². The highest BCUT2D eigenvalue weighted by Gasteiger charge is 2.23. The molecule has 2 aromatic carbocycles. The van der Waals surface area contributed by atoms with Gasteiger partial charge in [-0.25, -0.2) is 4.79 Å². The lowest BCUT2D eigenvalue weighted by atomic mass is 9.90. The number of benzene rings is 2. The normalized spacial score (nSPS) is 13.5. The molecule has 0 saturated carbocycles. The standard InChI is InChI=1S/C21H18ClNO2/c22-15-7-5-6-14(12-15)13-25-21(24)20-16-8-1-3-10-18(16)23-19-11-4-2-9-17(19)20/h1,3,5-8,10,12H,2,4,9,11,13H2. The van der Waals surface area contributed by atoms with Gasteiger partial charge in [0.1, 0.15) is 6.61 Å². The summed E-state index contributed by atoms with van der Waals surface area (Å²) in [6.07, 6.45) is 4.01. The van der Waals surface area contributed by atoms with E-state index in [-0.39, 0.29) is 12.6 Å². The molecule has 0 fully saturated rings. The van der Waals surface area contributed by atoms with Crippen molar-refractivity contribution in [3.05, 3.63) is 75.9 Å². The summed E-state index contributed by atoms with van der Waals surface area (Å²) in [5.41, 5.74) is 4.52. The molecule has 25 heavy (non-hydrogen) atoms. The lowest BCUT2D eigenvalue weighted by Gasteiger charge is -2.20. The highest BCUT2D eigenvalue weighted by Crippen LogP contribution is 2.30. The van der Waals surface area contributed by atoms with Gasteiger partial charge >= 0.3 is 5.97 Å².